The maximum Gasteiger partial charge on any atom is 0.352 e. The van der Waals surface area contributed by atoms with Crippen LogP contribution in [0.2, 0.25) is 0 Å². The lowest BCUT2D eigenvalue weighted by Gasteiger charge is -2.23. The predicted octanol–water partition coefficient (Wildman–Crippen LogP) is 6.02. The minimum atomic E-state index is -3.74. The molecule has 0 unspecified atom stereocenters. The highest BCUT2D eigenvalue weighted by Crippen LogP contribution is 2.39. The van der Waals surface area contributed by atoms with Gasteiger partial charge in [-0.3, -0.25) is 9.48 Å². The third-order valence-corrected chi connectivity index (χ3v) is 12.2. The van der Waals surface area contributed by atoms with E-state index in [4.69, 9.17) is 9.84 Å². The number of likely N-dealkylation sites (tertiary alicyclic amines) is 1. The van der Waals surface area contributed by atoms with E-state index >= 15 is 0 Å². The largest absolute Gasteiger partial charge is 0.493 e. The summed E-state index contributed by atoms with van der Waals surface area (Å²) in [5.41, 5.74) is 5.00. The first-order valence-electron chi connectivity index (χ1n) is 18.0. The van der Waals surface area contributed by atoms with Gasteiger partial charge in [-0.1, -0.05) is 61.5 Å². The summed E-state index contributed by atoms with van der Waals surface area (Å²) in [6, 6.07) is 20.0. The lowest BCUT2D eigenvalue weighted by atomic mass is 9.97. The summed E-state index contributed by atoms with van der Waals surface area (Å²) in [6.07, 6.45) is 3.89. The fraction of sp³-hybridized carbons (Fsp3) is 0.410. The Morgan fingerprint density at radius 3 is 2.53 bits per heavy atom. The molecule has 2 aliphatic rings. The first kappa shape index (κ1) is 34.8. The number of aryl methyl sites for hydroxylation is 3. The quantitative estimate of drug-likeness (QED) is 0.166. The highest BCUT2D eigenvalue weighted by molar-refractivity contribution is 7.89. The van der Waals surface area contributed by atoms with Gasteiger partial charge in [0.05, 0.1) is 30.1 Å². The van der Waals surface area contributed by atoms with E-state index in [1.807, 2.05) is 88.8 Å². The van der Waals surface area contributed by atoms with Crippen LogP contribution in [0.25, 0.3) is 32.8 Å². The van der Waals surface area contributed by atoms with E-state index in [0.717, 1.165) is 56.2 Å². The van der Waals surface area contributed by atoms with Crippen LogP contribution in [0.1, 0.15) is 66.5 Å². The van der Waals surface area contributed by atoms with Gasteiger partial charge in [-0.05, 0) is 55.5 Å². The van der Waals surface area contributed by atoms with Gasteiger partial charge >= 0.3 is 5.97 Å². The van der Waals surface area contributed by atoms with Crippen molar-refractivity contribution < 1.29 is 27.9 Å². The Morgan fingerprint density at radius 1 is 0.961 bits per heavy atom. The number of sulfonamides is 1. The van der Waals surface area contributed by atoms with E-state index in [-0.39, 0.29) is 43.4 Å². The number of nitrogens with zero attached hydrogens (tertiary/aromatic N) is 5. The number of aromatic carboxylic acids is 1. The van der Waals surface area contributed by atoms with Gasteiger partial charge in [0.2, 0.25) is 15.9 Å². The number of benzene rings is 3. The number of carboxylic acid groups (broad SMARTS) is 1. The van der Waals surface area contributed by atoms with Crippen molar-refractivity contribution in [1.29, 1.82) is 0 Å². The predicted molar refractivity (Wildman–Crippen MR) is 197 cm³/mol. The third-order valence-electron chi connectivity index (χ3n) is 10.3. The van der Waals surface area contributed by atoms with Crippen LogP contribution in [0, 0.1) is 0 Å². The van der Waals surface area contributed by atoms with Crippen LogP contribution in [0.5, 0.6) is 5.75 Å². The number of carbonyl (C=O) groups is 2. The number of carbonyl (C=O) groups excluding carboxylic acids is 1. The first-order chi connectivity index (χ1) is 24.7. The van der Waals surface area contributed by atoms with E-state index in [0.29, 0.717) is 57.5 Å². The van der Waals surface area contributed by atoms with Crippen molar-refractivity contribution >= 4 is 43.6 Å². The molecule has 1 amide bonds. The molecule has 2 aromatic heterocycles. The Labute approximate surface area is 298 Å². The zero-order valence-corrected chi connectivity index (χ0v) is 30.1. The second kappa shape index (κ2) is 14.5. The molecule has 12 heteroatoms. The summed E-state index contributed by atoms with van der Waals surface area (Å²) >= 11 is 0. The molecule has 4 heterocycles. The molecule has 3 aromatic carbocycles. The molecular weight excluding hydrogens is 667 g/mol. The van der Waals surface area contributed by atoms with Crippen molar-refractivity contribution in [1.82, 2.24) is 23.6 Å². The summed E-state index contributed by atoms with van der Waals surface area (Å²) in [5.74, 6) is -0.259. The van der Waals surface area contributed by atoms with Crippen molar-refractivity contribution in [3.8, 4) is 16.9 Å². The number of rotatable bonds is 11. The van der Waals surface area contributed by atoms with Crippen LogP contribution >= 0.6 is 0 Å². The van der Waals surface area contributed by atoms with Gasteiger partial charge in [0.1, 0.15) is 11.4 Å². The van der Waals surface area contributed by atoms with Gasteiger partial charge < -0.3 is 19.3 Å². The van der Waals surface area contributed by atoms with Crippen LogP contribution in [-0.2, 0) is 47.8 Å². The maximum absolute atomic E-state index is 14.0. The van der Waals surface area contributed by atoms with Gasteiger partial charge in [0.15, 0.2) is 0 Å². The van der Waals surface area contributed by atoms with E-state index < -0.39 is 16.0 Å². The number of amides is 1. The number of para-hydroxylation sites is 1. The van der Waals surface area contributed by atoms with E-state index in [2.05, 4.69) is 0 Å². The minimum Gasteiger partial charge on any atom is -0.493 e. The average molecular weight is 712 g/mol. The SMILES string of the molecule is CCc1c2c(nn1C)CN(CCCN1CCCC1=O)S(=O)(=O)CCCn1c(C(=O)O)c(CCCOc3cccc4ccccc34)c3cccc-2c31. The molecule has 0 spiro atoms. The lowest BCUT2D eigenvalue weighted by molar-refractivity contribution is -0.127. The summed E-state index contributed by atoms with van der Waals surface area (Å²) in [4.78, 5) is 27.1. The smallest absolute Gasteiger partial charge is 0.352 e. The number of aromatic nitrogens is 3. The molecule has 1 N–H and O–H groups in total. The molecule has 0 saturated carbocycles. The molecule has 7 rings (SSSR count). The van der Waals surface area contributed by atoms with E-state index in [1.54, 1.807) is 0 Å². The van der Waals surface area contributed by atoms with E-state index in [9.17, 15) is 23.1 Å². The Bertz CT molecular complexity index is 2220. The highest BCUT2D eigenvalue weighted by atomic mass is 32.2. The number of carboxylic acids is 1. The maximum atomic E-state index is 14.0. The van der Waals surface area contributed by atoms with Gasteiger partial charge in [-0.15, -0.1) is 0 Å². The summed E-state index contributed by atoms with van der Waals surface area (Å²) in [7, 11) is -1.87. The average Bonchev–Trinajstić information content (AvgIpc) is 3.77. The third kappa shape index (κ3) is 6.74. The fourth-order valence-electron chi connectivity index (χ4n) is 8.00. The van der Waals surface area contributed by atoms with Crippen LogP contribution in [0.15, 0.2) is 60.7 Å². The Morgan fingerprint density at radius 2 is 1.75 bits per heavy atom. The fourth-order valence-corrected chi connectivity index (χ4v) is 9.48. The molecule has 0 radical (unpaired) electrons. The summed E-state index contributed by atoms with van der Waals surface area (Å²) in [6.45, 7) is 4.28. The molecule has 0 aliphatic carbocycles. The molecule has 0 atom stereocenters. The van der Waals surface area contributed by atoms with Crippen molar-refractivity contribution in [3.05, 3.63) is 83.3 Å². The second-order valence-corrected chi connectivity index (χ2v) is 15.6. The van der Waals surface area contributed by atoms with Crippen molar-refractivity contribution in [3.63, 3.8) is 0 Å². The Balaban J connectivity index is 1.25. The van der Waals surface area contributed by atoms with Crippen molar-refractivity contribution in [2.45, 2.75) is 65.0 Å². The number of ether oxygens (including phenoxy) is 1. The number of hydrogen-bond donors (Lipinski definition) is 1. The molecule has 5 aromatic rings. The second-order valence-electron chi connectivity index (χ2n) is 13.5. The molecule has 11 nitrogen and oxygen atoms in total. The zero-order valence-electron chi connectivity index (χ0n) is 29.3. The minimum absolute atomic E-state index is 0.0979. The highest BCUT2D eigenvalue weighted by Gasteiger charge is 2.31. The van der Waals surface area contributed by atoms with E-state index in [1.165, 1.54) is 4.31 Å². The standard InChI is InChI=1S/C39H45N5O6S/c1-3-33-36-31-16-7-15-29-30(17-9-24-50-34-18-6-13-27-12-4-5-14-28(27)34)38(39(46)47)44(37(29)31)23-11-25-51(48,49)43(26-32(36)40-41(33)2)22-10-21-42-20-8-19-35(42)45/h4-7,12-16,18H,3,8-11,17,19-26H2,1-2H3,(H,46,47). The van der Waals surface area contributed by atoms with Gasteiger partial charge in [0, 0.05) is 67.2 Å². The topological polar surface area (TPSA) is 127 Å². The molecule has 1 saturated heterocycles. The van der Waals surface area contributed by atoms with Crippen LogP contribution < -0.4 is 4.74 Å². The number of hydrogen-bond acceptors (Lipinski definition) is 6. The molecule has 268 valence electrons. The molecule has 1 fully saturated rings. The monoisotopic (exact) mass is 711 g/mol. The number of fused-ring (bicyclic) bond motifs is 3. The molecule has 2 aliphatic heterocycles. The van der Waals surface area contributed by atoms with Gasteiger partial charge in [-0.25, -0.2) is 13.2 Å². The van der Waals surface area contributed by atoms with Gasteiger partial charge in [-0.2, -0.15) is 9.40 Å². The van der Waals surface area contributed by atoms with Crippen molar-refractivity contribution in [2.75, 3.05) is 32.0 Å². The Kier molecular flexibility index (Phi) is 9.89. The summed E-state index contributed by atoms with van der Waals surface area (Å²) in [5, 5.41) is 18.6. The first-order valence-corrected chi connectivity index (χ1v) is 19.6. The van der Waals surface area contributed by atoms with Crippen LogP contribution in [0.3, 0.4) is 0 Å². The lowest BCUT2D eigenvalue weighted by Crippen LogP contribution is -2.36. The zero-order chi connectivity index (χ0) is 35.7. The normalized spacial score (nSPS) is 16.4. The summed E-state index contributed by atoms with van der Waals surface area (Å²) < 4.78 is 39.3. The van der Waals surface area contributed by atoms with Crippen LogP contribution in [0.4, 0.5) is 0 Å². The van der Waals surface area contributed by atoms with Crippen LogP contribution in [-0.4, -0.2) is 80.9 Å². The molecule has 0 bridgehead atoms. The molecular formula is C39H45N5O6S. The molecule has 51 heavy (non-hydrogen) atoms. The van der Waals surface area contributed by atoms with Crippen molar-refractivity contribution in [2.24, 2.45) is 7.05 Å². The van der Waals surface area contributed by atoms with Gasteiger partial charge in [0.25, 0.3) is 0 Å². The Hall–Kier alpha value is -4.68.